The van der Waals surface area contributed by atoms with E-state index in [0.29, 0.717) is 18.7 Å². The van der Waals surface area contributed by atoms with Crippen LogP contribution >= 0.6 is 24.8 Å². The van der Waals surface area contributed by atoms with Gasteiger partial charge in [-0.2, -0.15) is 13.2 Å². The lowest BCUT2D eigenvalue weighted by Crippen LogP contribution is -2.45. The Bertz CT molecular complexity index is 477. The summed E-state index contributed by atoms with van der Waals surface area (Å²) >= 11 is 0. The molecule has 0 aliphatic carbocycles. The minimum atomic E-state index is -4.17. The van der Waals surface area contributed by atoms with Gasteiger partial charge in [-0.15, -0.1) is 24.8 Å². The summed E-state index contributed by atoms with van der Waals surface area (Å²) in [5.41, 5.74) is 1.50. The van der Waals surface area contributed by atoms with Crippen LogP contribution in [0.25, 0.3) is 0 Å². The molecule has 0 unspecified atom stereocenters. The van der Waals surface area contributed by atoms with Gasteiger partial charge in [0.15, 0.2) is 0 Å². The smallest absolute Gasteiger partial charge is 0.314 e. The van der Waals surface area contributed by atoms with Crippen LogP contribution in [0.4, 0.5) is 17.6 Å². The molecule has 0 aromatic heterocycles. The summed E-state index contributed by atoms with van der Waals surface area (Å²) in [6, 6.07) is 4.02. The Balaban J connectivity index is 0.00000242. The Morgan fingerprint density at radius 3 is 2.30 bits per heavy atom. The molecule has 2 rings (SSSR count). The summed E-state index contributed by atoms with van der Waals surface area (Å²) in [5.74, 6) is -0.355. The van der Waals surface area contributed by atoms with Gasteiger partial charge in [-0.1, -0.05) is 6.07 Å². The zero-order chi connectivity index (χ0) is 15.5. The number of nitrogens with one attached hydrogen (secondary N) is 1. The first-order valence-corrected chi connectivity index (χ1v) is 7.14. The van der Waals surface area contributed by atoms with E-state index >= 15 is 0 Å². The molecular formula is C15H22Cl2F4N2. The lowest BCUT2D eigenvalue weighted by atomic mass is 9.95. The molecule has 1 N–H and O–H groups in total. The first-order valence-electron chi connectivity index (χ1n) is 7.14. The van der Waals surface area contributed by atoms with Crippen molar-refractivity contribution in [3.8, 4) is 0 Å². The van der Waals surface area contributed by atoms with E-state index in [2.05, 4.69) is 10.2 Å². The minimum Gasteiger partial charge on any atom is -0.314 e. The second kappa shape index (κ2) is 9.67. The van der Waals surface area contributed by atoms with Crippen LogP contribution in [0.1, 0.15) is 30.0 Å². The van der Waals surface area contributed by atoms with E-state index in [-0.39, 0.29) is 43.1 Å². The average molecular weight is 377 g/mol. The van der Waals surface area contributed by atoms with E-state index < -0.39 is 12.6 Å². The molecule has 1 aromatic carbocycles. The molecule has 1 atom stereocenters. The topological polar surface area (TPSA) is 15.3 Å². The van der Waals surface area contributed by atoms with E-state index in [1.807, 2.05) is 0 Å². The molecule has 0 saturated carbocycles. The van der Waals surface area contributed by atoms with Crippen LogP contribution in [0, 0.1) is 12.7 Å². The fraction of sp³-hybridized carbons (Fsp3) is 0.600. The number of hydrogen-bond acceptors (Lipinski definition) is 2. The molecule has 2 nitrogen and oxygen atoms in total. The van der Waals surface area contributed by atoms with Gasteiger partial charge in [0, 0.05) is 38.6 Å². The summed E-state index contributed by atoms with van der Waals surface area (Å²) in [6.45, 7) is 4.70. The van der Waals surface area contributed by atoms with Crippen LogP contribution < -0.4 is 5.32 Å². The maximum absolute atomic E-state index is 13.2. The predicted octanol–water partition coefficient (Wildman–Crippen LogP) is 4.27. The number of piperazine rings is 1. The fourth-order valence-corrected chi connectivity index (χ4v) is 2.84. The molecule has 23 heavy (non-hydrogen) atoms. The third kappa shape index (κ3) is 6.83. The third-order valence-corrected chi connectivity index (χ3v) is 3.88. The maximum Gasteiger partial charge on any atom is 0.389 e. The van der Waals surface area contributed by atoms with Crippen molar-refractivity contribution < 1.29 is 17.6 Å². The highest BCUT2D eigenvalue weighted by Gasteiger charge is 2.31. The molecule has 1 fully saturated rings. The lowest BCUT2D eigenvalue weighted by Gasteiger charge is -2.36. The van der Waals surface area contributed by atoms with Gasteiger partial charge in [-0.3, -0.25) is 4.90 Å². The number of alkyl halides is 3. The first kappa shape index (κ1) is 22.4. The maximum atomic E-state index is 13.2. The summed E-state index contributed by atoms with van der Waals surface area (Å²) in [5, 5.41) is 3.19. The van der Waals surface area contributed by atoms with E-state index in [9.17, 15) is 17.6 Å². The lowest BCUT2D eigenvalue weighted by molar-refractivity contribution is -0.138. The third-order valence-electron chi connectivity index (χ3n) is 3.88. The molecule has 1 heterocycles. The Hall–Kier alpha value is -0.560. The summed E-state index contributed by atoms with van der Waals surface area (Å²) in [7, 11) is 0. The fourth-order valence-electron chi connectivity index (χ4n) is 2.84. The van der Waals surface area contributed by atoms with Gasteiger partial charge in [0.1, 0.15) is 5.82 Å². The average Bonchev–Trinajstić information content (AvgIpc) is 2.41. The van der Waals surface area contributed by atoms with Crippen LogP contribution in [-0.2, 0) is 0 Å². The Labute approximate surface area is 146 Å². The van der Waals surface area contributed by atoms with Gasteiger partial charge in [-0.05, 0) is 36.6 Å². The van der Waals surface area contributed by atoms with Gasteiger partial charge >= 0.3 is 6.18 Å². The second-order valence-electron chi connectivity index (χ2n) is 5.46. The molecule has 1 aromatic rings. The standard InChI is InChI=1S/C15H20F4N2.2ClH/c1-11-10-12(16)2-3-13(11)14(4-5-15(17,18)19)21-8-6-20-7-9-21;;/h2-3,10,14,20H,4-9H2,1H3;2*1H/t14-;;/m0../s1. The minimum absolute atomic E-state index is 0. The Kier molecular flexibility index (Phi) is 9.43. The van der Waals surface area contributed by atoms with Gasteiger partial charge in [0.2, 0.25) is 0 Å². The van der Waals surface area contributed by atoms with Crippen molar-refractivity contribution >= 4 is 24.8 Å². The van der Waals surface area contributed by atoms with Crippen LogP contribution in [0.5, 0.6) is 0 Å². The summed E-state index contributed by atoms with van der Waals surface area (Å²) < 4.78 is 50.9. The number of rotatable bonds is 4. The molecule has 1 saturated heterocycles. The van der Waals surface area contributed by atoms with E-state index in [0.717, 1.165) is 18.7 Å². The molecule has 1 aliphatic heterocycles. The van der Waals surface area contributed by atoms with Crippen molar-refractivity contribution in [1.29, 1.82) is 0 Å². The number of hydrogen-bond donors (Lipinski definition) is 1. The van der Waals surface area contributed by atoms with Crippen LogP contribution in [-0.4, -0.2) is 37.3 Å². The van der Waals surface area contributed by atoms with Crippen molar-refractivity contribution in [2.24, 2.45) is 0 Å². The van der Waals surface area contributed by atoms with Crippen molar-refractivity contribution in [2.45, 2.75) is 32.0 Å². The van der Waals surface area contributed by atoms with E-state index in [1.165, 1.54) is 12.1 Å². The van der Waals surface area contributed by atoms with Crippen LogP contribution in [0.3, 0.4) is 0 Å². The van der Waals surface area contributed by atoms with Gasteiger partial charge in [0.05, 0.1) is 0 Å². The molecule has 0 bridgehead atoms. The van der Waals surface area contributed by atoms with E-state index in [4.69, 9.17) is 0 Å². The number of nitrogens with zero attached hydrogens (tertiary/aromatic N) is 1. The molecule has 0 amide bonds. The number of halogens is 6. The quantitative estimate of drug-likeness (QED) is 0.789. The van der Waals surface area contributed by atoms with Crippen molar-refractivity contribution in [3.05, 3.63) is 35.1 Å². The van der Waals surface area contributed by atoms with Crippen LogP contribution in [0.15, 0.2) is 18.2 Å². The molecular weight excluding hydrogens is 355 g/mol. The highest BCUT2D eigenvalue weighted by molar-refractivity contribution is 5.85. The Morgan fingerprint density at radius 2 is 1.78 bits per heavy atom. The van der Waals surface area contributed by atoms with E-state index in [1.54, 1.807) is 13.0 Å². The summed E-state index contributed by atoms with van der Waals surface area (Å²) in [6.07, 6.45) is -4.98. The SMILES string of the molecule is Cc1cc(F)ccc1[C@H](CCC(F)(F)F)N1CCNCC1.Cl.Cl. The molecule has 8 heteroatoms. The van der Waals surface area contributed by atoms with Gasteiger partial charge in [0.25, 0.3) is 0 Å². The number of benzene rings is 1. The van der Waals surface area contributed by atoms with Gasteiger partial charge < -0.3 is 5.32 Å². The first-order chi connectivity index (χ1) is 9.87. The van der Waals surface area contributed by atoms with Crippen LogP contribution in [0.2, 0.25) is 0 Å². The highest BCUT2D eigenvalue weighted by Crippen LogP contribution is 2.33. The summed E-state index contributed by atoms with van der Waals surface area (Å²) in [4.78, 5) is 2.06. The molecule has 134 valence electrons. The Morgan fingerprint density at radius 1 is 1.17 bits per heavy atom. The largest absolute Gasteiger partial charge is 0.389 e. The number of aryl methyl sites for hydroxylation is 1. The van der Waals surface area contributed by atoms with Crippen molar-refractivity contribution in [3.63, 3.8) is 0 Å². The second-order valence-corrected chi connectivity index (χ2v) is 5.46. The molecule has 0 radical (unpaired) electrons. The zero-order valence-electron chi connectivity index (χ0n) is 12.8. The van der Waals surface area contributed by atoms with Gasteiger partial charge in [-0.25, -0.2) is 4.39 Å². The van der Waals surface area contributed by atoms with Crippen molar-refractivity contribution in [2.75, 3.05) is 26.2 Å². The molecule has 0 spiro atoms. The predicted molar refractivity (Wildman–Crippen MR) is 88.1 cm³/mol. The van der Waals surface area contributed by atoms with Crippen molar-refractivity contribution in [1.82, 2.24) is 10.2 Å². The normalized spacial score (nSPS) is 17.1. The molecule has 1 aliphatic rings. The zero-order valence-corrected chi connectivity index (χ0v) is 14.5. The monoisotopic (exact) mass is 376 g/mol. The highest BCUT2D eigenvalue weighted by atomic mass is 35.5.